The van der Waals surface area contributed by atoms with Crippen molar-refractivity contribution in [3.8, 4) is 5.69 Å². The number of pyridine rings is 1. The zero-order valence-corrected chi connectivity index (χ0v) is 27.2. The molecule has 0 N–H and O–H groups in total. The highest BCUT2D eigenvalue weighted by molar-refractivity contribution is 6.49. The van der Waals surface area contributed by atoms with Gasteiger partial charge in [0.05, 0.1) is 17.4 Å². The van der Waals surface area contributed by atoms with Crippen molar-refractivity contribution in [1.29, 1.82) is 0 Å². The Morgan fingerprint density at radius 2 is 1.82 bits per heavy atom. The molecule has 3 aromatic rings. The lowest BCUT2D eigenvalue weighted by molar-refractivity contribution is 0.00578. The molecule has 0 amide bonds. The van der Waals surface area contributed by atoms with E-state index in [4.69, 9.17) is 20.9 Å². The maximum absolute atomic E-state index is 16.1. The van der Waals surface area contributed by atoms with Crippen LogP contribution in [-0.4, -0.2) is 43.4 Å². The van der Waals surface area contributed by atoms with E-state index in [1.807, 2.05) is 27.7 Å². The first kappa shape index (κ1) is 32.0. The van der Waals surface area contributed by atoms with E-state index in [0.29, 0.717) is 22.9 Å². The van der Waals surface area contributed by atoms with Crippen LogP contribution < -0.4 is 5.56 Å². The van der Waals surface area contributed by atoms with Crippen molar-refractivity contribution in [2.75, 3.05) is 0 Å². The minimum Gasteiger partial charge on any atom is -0.403 e. The summed E-state index contributed by atoms with van der Waals surface area (Å²) in [5, 5.41) is 4.25. The van der Waals surface area contributed by atoms with E-state index in [1.165, 1.54) is 23.0 Å². The average Bonchev–Trinajstić information content (AvgIpc) is 3.40. The fraction of sp³-hybridized carbons (Fsp3) is 0.438. The van der Waals surface area contributed by atoms with Gasteiger partial charge in [0, 0.05) is 23.3 Å². The van der Waals surface area contributed by atoms with Crippen LogP contribution in [0, 0.1) is 32.5 Å². The van der Waals surface area contributed by atoms with Crippen LogP contribution in [0.15, 0.2) is 52.2 Å². The largest absolute Gasteiger partial charge is 0.462 e. The molecule has 0 radical (unpaired) electrons. The molecule has 3 heterocycles. The summed E-state index contributed by atoms with van der Waals surface area (Å²) < 4.78 is 47.0. The summed E-state index contributed by atoms with van der Waals surface area (Å²) in [6.45, 7) is 16.9. The summed E-state index contributed by atoms with van der Waals surface area (Å²) >= 11 is 6.67. The van der Waals surface area contributed by atoms with Gasteiger partial charge in [-0.05, 0) is 91.0 Å². The zero-order chi connectivity index (χ0) is 32.3. The SMILES string of the molecule is C/C=C/N=C(/C(F)=C/n1c(C)cc(C2C(B3OC(C)(C)C(C)(C)O3)[C@H]2C)c(Cl)c1=O)c1cccc(-n2nc(C)nc2C)c1F. The van der Waals surface area contributed by atoms with E-state index in [2.05, 4.69) is 22.0 Å². The Bertz CT molecular complexity index is 1760. The van der Waals surface area contributed by atoms with Gasteiger partial charge in [0.2, 0.25) is 0 Å². The van der Waals surface area contributed by atoms with E-state index >= 15 is 8.78 Å². The third-order valence-corrected chi connectivity index (χ3v) is 9.33. The van der Waals surface area contributed by atoms with Crippen molar-refractivity contribution < 1.29 is 18.1 Å². The topological polar surface area (TPSA) is 83.5 Å². The molecule has 232 valence electrons. The smallest absolute Gasteiger partial charge is 0.403 e. The molecule has 0 spiro atoms. The number of benzene rings is 1. The first-order chi connectivity index (χ1) is 20.6. The Morgan fingerprint density at radius 1 is 1.16 bits per heavy atom. The lowest BCUT2D eigenvalue weighted by atomic mass is 9.79. The van der Waals surface area contributed by atoms with Gasteiger partial charge in [0.25, 0.3) is 5.56 Å². The molecule has 2 aromatic heterocycles. The third-order valence-electron chi connectivity index (χ3n) is 8.95. The molecule has 44 heavy (non-hydrogen) atoms. The number of aryl methyl sites for hydroxylation is 3. The normalized spacial score (nSPS) is 23.2. The molecular weight excluding hydrogens is 587 g/mol. The van der Waals surface area contributed by atoms with E-state index in [-0.39, 0.29) is 39.6 Å². The van der Waals surface area contributed by atoms with Gasteiger partial charge in [-0.25, -0.2) is 18.4 Å². The van der Waals surface area contributed by atoms with Crippen LogP contribution in [0.4, 0.5) is 8.78 Å². The number of allylic oxidation sites excluding steroid dienone is 2. The number of aliphatic imine (C=N–C) groups is 1. The van der Waals surface area contributed by atoms with Gasteiger partial charge in [-0.15, -0.1) is 0 Å². The molecule has 1 saturated carbocycles. The van der Waals surface area contributed by atoms with Crippen molar-refractivity contribution >= 4 is 30.6 Å². The maximum atomic E-state index is 16.1. The fourth-order valence-corrected chi connectivity index (χ4v) is 6.07. The Morgan fingerprint density at radius 3 is 2.41 bits per heavy atom. The quantitative estimate of drug-likeness (QED) is 0.207. The molecule has 2 fully saturated rings. The van der Waals surface area contributed by atoms with E-state index < -0.39 is 35.5 Å². The zero-order valence-electron chi connectivity index (χ0n) is 26.4. The minimum atomic E-state index is -0.922. The monoisotopic (exact) mass is 623 g/mol. The Kier molecular flexibility index (Phi) is 8.37. The van der Waals surface area contributed by atoms with Gasteiger partial charge < -0.3 is 9.31 Å². The van der Waals surface area contributed by atoms with Crippen molar-refractivity contribution in [2.45, 2.75) is 85.3 Å². The Hall–Kier alpha value is -3.41. The molecule has 8 nitrogen and oxygen atoms in total. The van der Waals surface area contributed by atoms with Crippen molar-refractivity contribution in [3.63, 3.8) is 0 Å². The maximum Gasteiger partial charge on any atom is 0.462 e. The second-order valence-corrected chi connectivity index (χ2v) is 12.9. The predicted molar refractivity (Wildman–Crippen MR) is 170 cm³/mol. The molecular formula is C32H37BClF2N5O3. The minimum absolute atomic E-state index is 0.00679. The molecule has 1 saturated heterocycles. The highest BCUT2D eigenvalue weighted by Crippen LogP contribution is 2.63. The van der Waals surface area contributed by atoms with Crippen molar-refractivity contribution in [3.05, 3.63) is 92.0 Å². The molecule has 1 aliphatic carbocycles. The van der Waals surface area contributed by atoms with Gasteiger partial charge >= 0.3 is 7.12 Å². The molecule has 2 unspecified atom stereocenters. The molecule has 0 bridgehead atoms. The average molecular weight is 624 g/mol. The highest BCUT2D eigenvalue weighted by Gasteiger charge is 2.64. The number of halogens is 3. The summed E-state index contributed by atoms with van der Waals surface area (Å²) in [5.74, 6) is -0.585. The number of rotatable bonds is 7. The van der Waals surface area contributed by atoms with Crippen LogP contribution in [0.25, 0.3) is 11.9 Å². The predicted octanol–water partition coefficient (Wildman–Crippen LogP) is 7.13. The molecule has 2 aliphatic rings. The van der Waals surface area contributed by atoms with Gasteiger partial charge in [-0.3, -0.25) is 14.4 Å². The number of hydrogen-bond acceptors (Lipinski definition) is 6. The van der Waals surface area contributed by atoms with Gasteiger partial charge in [-0.1, -0.05) is 30.7 Å². The second kappa shape index (κ2) is 11.5. The van der Waals surface area contributed by atoms with E-state index in [0.717, 1.165) is 10.8 Å². The van der Waals surface area contributed by atoms with Crippen LogP contribution in [0.3, 0.4) is 0 Å². The first-order valence-electron chi connectivity index (χ1n) is 14.6. The third kappa shape index (κ3) is 5.50. The van der Waals surface area contributed by atoms with E-state index in [9.17, 15) is 4.79 Å². The molecule has 5 rings (SSSR count). The molecule has 3 atom stereocenters. The highest BCUT2D eigenvalue weighted by atomic mass is 35.5. The summed E-state index contributed by atoms with van der Waals surface area (Å²) in [7, 11) is -0.433. The lowest BCUT2D eigenvalue weighted by Crippen LogP contribution is -2.41. The number of nitrogens with zero attached hydrogens (tertiary/aromatic N) is 5. The number of hydrogen-bond donors (Lipinski definition) is 0. The number of aromatic nitrogens is 4. The van der Waals surface area contributed by atoms with Crippen LogP contribution in [0.5, 0.6) is 0 Å². The summed E-state index contributed by atoms with van der Waals surface area (Å²) in [5.41, 5.74) is -0.708. The standard InChI is InChI=1S/C32H37BClF2N5O3/c1-10-14-37-29(21-12-11-13-24(28(21)36)41-20(5)38-19(4)39-41)23(35)16-40-17(2)15-22(27(34)30(40)42)25-18(3)26(25)33-43-31(6,7)32(8,9)44-33/h10-16,18,25-26H,1-9H3/b14-10+,23-16-,37-29+/t18-,25?,26?/m0/s1. The van der Waals surface area contributed by atoms with E-state index in [1.54, 1.807) is 45.9 Å². The molecule has 1 aliphatic heterocycles. The molecule has 1 aromatic carbocycles. The van der Waals surface area contributed by atoms with Crippen LogP contribution >= 0.6 is 11.6 Å². The molecule has 12 heteroatoms. The Labute approximate surface area is 261 Å². The fourth-order valence-electron chi connectivity index (χ4n) is 5.80. The van der Waals surface area contributed by atoms with Gasteiger partial charge in [0.15, 0.2) is 11.6 Å². The second-order valence-electron chi connectivity index (χ2n) is 12.5. The van der Waals surface area contributed by atoms with Gasteiger partial charge in [-0.2, -0.15) is 5.10 Å². The lowest BCUT2D eigenvalue weighted by Gasteiger charge is -2.32. The summed E-state index contributed by atoms with van der Waals surface area (Å²) in [4.78, 5) is 22.0. The van der Waals surface area contributed by atoms with Crippen molar-refractivity contribution in [2.24, 2.45) is 10.9 Å². The summed E-state index contributed by atoms with van der Waals surface area (Å²) in [6.07, 6.45) is 3.95. The van der Waals surface area contributed by atoms with Crippen molar-refractivity contribution in [1.82, 2.24) is 19.3 Å². The van der Waals surface area contributed by atoms with Crippen LogP contribution in [0.2, 0.25) is 10.8 Å². The van der Waals surface area contributed by atoms with Crippen LogP contribution in [0.1, 0.15) is 75.9 Å². The first-order valence-corrected chi connectivity index (χ1v) is 15.0. The Balaban J connectivity index is 1.51. The van der Waals surface area contributed by atoms with Crippen LogP contribution in [-0.2, 0) is 9.31 Å². The van der Waals surface area contributed by atoms with Gasteiger partial charge in [0.1, 0.15) is 28.1 Å². The summed E-state index contributed by atoms with van der Waals surface area (Å²) in [6, 6.07) is 6.32.